The average molecular weight is 229 g/mol. The molecule has 0 amide bonds. The first-order chi connectivity index (χ1) is 5.53. The Balaban J connectivity index is 2.33. The highest BCUT2D eigenvalue weighted by atomic mass is 79.9. The number of hydrogen-bond donors (Lipinski definition) is 0. The number of halogens is 1. The van der Waals surface area contributed by atoms with Gasteiger partial charge in [-0.05, 0) is 17.8 Å². The van der Waals surface area contributed by atoms with E-state index in [1.165, 1.54) is 0 Å². The molecule has 12 heavy (non-hydrogen) atoms. The van der Waals surface area contributed by atoms with Crippen molar-refractivity contribution in [3.05, 3.63) is 12.2 Å². The topological polar surface area (TPSA) is 17.1 Å². The summed E-state index contributed by atoms with van der Waals surface area (Å²) in [7, 11) is 0. The van der Waals surface area contributed by atoms with Gasteiger partial charge in [-0.3, -0.25) is 4.79 Å². The third-order valence-electron chi connectivity index (χ3n) is 3.47. The zero-order valence-electron chi connectivity index (χ0n) is 7.38. The fraction of sp³-hybridized carbons (Fsp3) is 0.700. The average Bonchev–Trinajstić information content (AvgIpc) is 2.18. The zero-order valence-corrected chi connectivity index (χ0v) is 8.97. The Morgan fingerprint density at radius 1 is 1.50 bits per heavy atom. The van der Waals surface area contributed by atoms with Crippen LogP contribution in [-0.2, 0) is 4.79 Å². The molecule has 0 aliphatic heterocycles. The van der Waals surface area contributed by atoms with Crippen LogP contribution in [0.5, 0.6) is 0 Å². The highest BCUT2D eigenvalue weighted by Crippen LogP contribution is 2.54. The Kier molecular flexibility index (Phi) is 1.73. The molecule has 3 aliphatic carbocycles. The van der Waals surface area contributed by atoms with Gasteiger partial charge in [-0.25, -0.2) is 0 Å². The van der Waals surface area contributed by atoms with Gasteiger partial charge >= 0.3 is 0 Å². The van der Waals surface area contributed by atoms with Gasteiger partial charge in [0, 0.05) is 5.92 Å². The quantitative estimate of drug-likeness (QED) is 0.460. The molecule has 66 valence electrons. The van der Waals surface area contributed by atoms with Gasteiger partial charge in [0.25, 0.3) is 0 Å². The lowest BCUT2D eigenvalue weighted by Crippen LogP contribution is -2.47. The Morgan fingerprint density at radius 3 is 2.75 bits per heavy atom. The number of fused-ring (bicyclic) bond motifs is 2. The van der Waals surface area contributed by atoms with E-state index in [0.29, 0.717) is 11.7 Å². The highest BCUT2D eigenvalue weighted by Gasteiger charge is 2.52. The van der Waals surface area contributed by atoms with E-state index >= 15 is 0 Å². The summed E-state index contributed by atoms with van der Waals surface area (Å²) in [6.45, 7) is 4.39. The number of hydrogen-bond acceptors (Lipinski definition) is 1. The van der Waals surface area contributed by atoms with Crippen molar-refractivity contribution in [2.24, 2.45) is 17.3 Å². The van der Waals surface area contributed by atoms with Gasteiger partial charge in [-0.1, -0.05) is 41.9 Å². The molecule has 0 aromatic carbocycles. The number of carbonyl (C=O) groups excluding carboxylic acids is 1. The molecule has 3 atom stereocenters. The van der Waals surface area contributed by atoms with Crippen molar-refractivity contribution in [1.29, 1.82) is 0 Å². The SMILES string of the molecule is CC1(C)[C@@H]2C=C[C@H](Br)C(=O)[C@@H]1C2. The molecule has 0 unspecified atom stereocenters. The fourth-order valence-corrected chi connectivity index (χ4v) is 2.78. The van der Waals surface area contributed by atoms with Crippen molar-refractivity contribution in [3.8, 4) is 0 Å². The van der Waals surface area contributed by atoms with E-state index in [0.717, 1.165) is 6.42 Å². The van der Waals surface area contributed by atoms with Crippen molar-refractivity contribution in [3.63, 3.8) is 0 Å². The van der Waals surface area contributed by atoms with E-state index in [1.807, 2.05) is 6.08 Å². The van der Waals surface area contributed by atoms with Gasteiger partial charge in [0.15, 0.2) is 5.78 Å². The molecular weight excluding hydrogens is 216 g/mol. The van der Waals surface area contributed by atoms with Crippen LogP contribution in [0.3, 0.4) is 0 Å². The predicted octanol–water partition coefficient (Wildman–Crippen LogP) is 2.55. The Hall–Kier alpha value is -0.110. The van der Waals surface area contributed by atoms with E-state index in [9.17, 15) is 4.79 Å². The van der Waals surface area contributed by atoms with Crippen LogP contribution in [0.2, 0.25) is 0 Å². The summed E-state index contributed by atoms with van der Waals surface area (Å²) in [5, 5.41) is 0. The van der Waals surface area contributed by atoms with Crippen molar-refractivity contribution in [2.45, 2.75) is 25.1 Å². The van der Waals surface area contributed by atoms with E-state index in [1.54, 1.807) is 0 Å². The third kappa shape index (κ3) is 0.936. The Bertz CT molecular complexity index is 255. The van der Waals surface area contributed by atoms with Crippen molar-refractivity contribution in [1.82, 2.24) is 0 Å². The molecular formula is C10H13BrO. The summed E-state index contributed by atoms with van der Waals surface area (Å²) in [6, 6.07) is 0. The van der Waals surface area contributed by atoms with E-state index in [4.69, 9.17) is 0 Å². The molecule has 0 heterocycles. The molecule has 2 heteroatoms. The van der Waals surface area contributed by atoms with Crippen LogP contribution < -0.4 is 0 Å². The monoisotopic (exact) mass is 228 g/mol. The number of carbonyl (C=O) groups is 1. The van der Waals surface area contributed by atoms with E-state index in [-0.39, 0.29) is 16.2 Å². The number of allylic oxidation sites excluding steroid dienone is 2. The largest absolute Gasteiger partial charge is 0.298 e. The Labute approximate surface area is 81.4 Å². The minimum Gasteiger partial charge on any atom is -0.298 e. The van der Waals surface area contributed by atoms with Crippen LogP contribution in [0.1, 0.15) is 20.3 Å². The minimum atomic E-state index is -0.0331. The van der Waals surface area contributed by atoms with Gasteiger partial charge in [-0.2, -0.15) is 0 Å². The first-order valence-electron chi connectivity index (χ1n) is 4.39. The number of rotatable bonds is 0. The third-order valence-corrected chi connectivity index (χ3v) is 4.23. The number of ketones is 1. The maximum atomic E-state index is 11.7. The van der Waals surface area contributed by atoms with Crippen LogP contribution >= 0.6 is 15.9 Å². The first kappa shape index (κ1) is 8.49. The van der Waals surface area contributed by atoms with Gasteiger partial charge in [0.1, 0.15) is 0 Å². The maximum absolute atomic E-state index is 11.7. The summed E-state index contributed by atoms with van der Waals surface area (Å²) in [6.07, 6.45) is 5.26. The molecule has 3 rings (SSSR count). The fourth-order valence-electron chi connectivity index (χ4n) is 2.29. The lowest BCUT2D eigenvalue weighted by Gasteiger charge is -2.49. The summed E-state index contributed by atoms with van der Waals surface area (Å²) in [5.74, 6) is 1.26. The molecule has 0 saturated heterocycles. The molecule has 3 aliphatic rings. The van der Waals surface area contributed by atoms with Gasteiger partial charge in [-0.15, -0.1) is 0 Å². The van der Waals surface area contributed by atoms with Crippen LogP contribution in [0, 0.1) is 17.3 Å². The number of alkyl halides is 1. The van der Waals surface area contributed by atoms with Crippen LogP contribution in [0.4, 0.5) is 0 Å². The molecule has 0 N–H and O–H groups in total. The predicted molar refractivity (Wildman–Crippen MR) is 52.2 cm³/mol. The second-order valence-corrected chi connectivity index (χ2v) is 5.39. The molecule has 0 aromatic rings. The first-order valence-corrected chi connectivity index (χ1v) is 5.31. The van der Waals surface area contributed by atoms with Gasteiger partial charge in [0.2, 0.25) is 0 Å². The summed E-state index contributed by atoms with van der Waals surface area (Å²) < 4.78 is 0. The molecule has 0 spiro atoms. The van der Waals surface area contributed by atoms with Crippen molar-refractivity contribution in [2.75, 3.05) is 0 Å². The van der Waals surface area contributed by atoms with Gasteiger partial charge in [0.05, 0.1) is 4.83 Å². The minimum absolute atomic E-state index is 0.0331. The highest BCUT2D eigenvalue weighted by molar-refractivity contribution is 9.10. The maximum Gasteiger partial charge on any atom is 0.153 e. The Morgan fingerprint density at radius 2 is 2.17 bits per heavy atom. The number of Topliss-reactive ketones (excluding diaryl/α,β-unsaturated/α-hetero) is 1. The van der Waals surface area contributed by atoms with Crippen LogP contribution in [0.25, 0.3) is 0 Å². The van der Waals surface area contributed by atoms with E-state index in [2.05, 4.69) is 35.9 Å². The lowest BCUT2D eigenvalue weighted by molar-refractivity contribution is -0.133. The molecule has 1 nitrogen and oxygen atoms in total. The summed E-state index contributed by atoms with van der Waals surface area (Å²) >= 11 is 3.39. The molecule has 2 bridgehead atoms. The summed E-state index contributed by atoms with van der Waals surface area (Å²) in [4.78, 5) is 11.7. The van der Waals surface area contributed by atoms with E-state index < -0.39 is 0 Å². The molecule has 1 fully saturated rings. The van der Waals surface area contributed by atoms with Crippen molar-refractivity contribution >= 4 is 21.7 Å². The summed E-state index contributed by atoms with van der Waals surface area (Å²) in [5.41, 5.74) is 0.204. The molecule has 0 radical (unpaired) electrons. The normalized spacial score (nSPS) is 43.6. The second-order valence-electron chi connectivity index (χ2n) is 4.41. The van der Waals surface area contributed by atoms with Gasteiger partial charge < -0.3 is 0 Å². The lowest BCUT2D eigenvalue weighted by atomic mass is 9.54. The van der Waals surface area contributed by atoms with Crippen LogP contribution in [0.15, 0.2) is 12.2 Å². The smallest absolute Gasteiger partial charge is 0.153 e. The molecule has 1 saturated carbocycles. The van der Waals surface area contributed by atoms with Crippen LogP contribution in [-0.4, -0.2) is 10.6 Å². The standard InChI is InChI=1S/C10H13BrO/c1-10(2)6-3-4-8(11)9(12)7(10)5-6/h3-4,6-8H,5H2,1-2H3/t6-,7+,8+/m1/s1. The van der Waals surface area contributed by atoms with Crippen molar-refractivity contribution < 1.29 is 4.79 Å². The second kappa shape index (κ2) is 2.44. The molecule has 0 aromatic heterocycles. The zero-order chi connectivity index (χ0) is 8.93.